The molecule has 3 rings (SSSR count). The van der Waals surface area contributed by atoms with Gasteiger partial charge in [-0.15, -0.1) is 0 Å². The normalized spacial score (nSPS) is 10.5. The van der Waals surface area contributed by atoms with Gasteiger partial charge in [-0.25, -0.2) is 4.68 Å². The number of benzene rings is 2. The van der Waals surface area contributed by atoms with Crippen molar-refractivity contribution in [3.63, 3.8) is 0 Å². The third kappa shape index (κ3) is 4.42. The van der Waals surface area contributed by atoms with Crippen LogP contribution in [0.25, 0.3) is 11.3 Å². The summed E-state index contributed by atoms with van der Waals surface area (Å²) in [7, 11) is 0. The molecule has 0 spiro atoms. The van der Waals surface area contributed by atoms with E-state index in [9.17, 15) is 9.59 Å². The molecule has 1 N–H and O–H groups in total. The van der Waals surface area contributed by atoms with Crippen molar-refractivity contribution in [3.05, 3.63) is 81.1 Å². The zero-order valence-electron chi connectivity index (χ0n) is 13.6. The monoisotopic (exact) mass is 397 g/mol. The molecule has 0 aliphatic carbocycles. The molecule has 25 heavy (non-hydrogen) atoms. The average molecular weight is 398 g/mol. The van der Waals surface area contributed by atoms with Crippen molar-refractivity contribution in [1.29, 1.82) is 0 Å². The van der Waals surface area contributed by atoms with Gasteiger partial charge in [0.25, 0.3) is 5.56 Å². The standard InChI is InChI=1S/C19H16BrN3O2/c1-13-5-7-14(8-6-13)17-9-10-19(25)23(22-17)12-18(24)21-16-4-2-3-15(20)11-16/h2-11H,12H2,1H3,(H,21,24). The van der Waals surface area contributed by atoms with E-state index in [4.69, 9.17) is 0 Å². The molecule has 3 aromatic rings. The lowest BCUT2D eigenvalue weighted by Crippen LogP contribution is -2.29. The highest BCUT2D eigenvalue weighted by Gasteiger charge is 2.08. The van der Waals surface area contributed by atoms with Crippen LogP contribution in [0.15, 0.2) is 69.9 Å². The van der Waals surface area contributed by atoms with Crippen LogP contribution in [0.1, 0.15) is 5.56 Å². The number of nitrogens with zero attached hydrogens (tertiary/aromatic N) is 2. The zero-order valence-corrected chi connectivity index (χ0v) is 15.2. The van der Waals surface area contributed by atoms with Gasteiger partial charge < -0.3 is 5.32 Å². The Balaban J connectivity index is 1.80. The second kappa shape index (κ2) is 7.44. The van der Waals surface area contributed by atoms with Crippen molar-refractivity contribution >= 4 is 27.5 Å². The van der Waals surface area contributed by atoms with Gasteiger partial charge in [-0.2, -0.15) is 5.10 Å². The van der Waals surface area contributed by atoms with E-state index in [0.29, 0.717) is 11.4 Å². The first kappa shape index (κ1) is 17.1. The molecular weight excluding hydrogens is 382 g/mol. The Bertz CT molecular complexity index is 965. The van der Waals surface area contributed by atoms with E-state index in [1.165, 1.54) is 10.7 Å². The maximum atomic E-state index is 12.2. The number of nitrogens with one attached hydrogen (secondary N) is 1. The fourth-order valence-corrected chi connectivity index (χ4v) is 2.74. The number of aryl methyl sites for hydroxylation is 1. The number of aromatic nitrogens is 2. The Morgan fingerprint density at radius 2 is 1.88 bits per heavy atom. The Morgan fingerprint density at radius 3 is 2.60 bits per heavy atom. The molecule has 0 saturated carbocycles. The predicted octanol–water partition coefficient (Wildman–Crippen LogP) is 3.62. The predicted molar refractivity (Wildman–Crippen MR) is 101 cm³/mol. The Labute approximate surface area is 153 Å². The summed E-state index contributed by atoms with van der Waals surface area (Å²) in [4.78, 5) is 24.2. The third-order valence-electron chi connectivity index (χ3n) is 3.62. The van der Waals surface area contributed by atoms with E-state index < -0.39 is 0 Å². The van der Waals surface area contributed by atoms with Crippen LogP contribution in [0.2, 0.25) is 0 Å². The SMILES string of the molecule is Cc1ccc(-c2ccc(=O)n(CC(=O)Nc3cccc(Br)c3)n2)cc1. The molecular formula is C19H16BrN3O2. The summed E-state index contributed by atoms with van der Waals surface area (Å²) in [6.07, 6.45) is 0. The molecule has 5 nitrogen and oxygen atoms in total. The van der Waals surface area contributed by atoms with Crippen LogP contribution in [0, 0.1) is 6.92 Å². The topological polar surface area (TPSA) is 64.0 Å². The maximum Gasteiger partial charge on any atom is 0.267 e. The minimum absolute atomic E-state index is 0.148. The lowest BCUT2D eigenvalue weighted by Gasteiger charge is -2.09. The molecule has 1 amide bonds. The summed E-state index contributed by atoms with van der Waals surface area (Å²) in [5.74, 6) is -0.311. The number of carbonyl (C=O) groups is 1. The van der Waals surface area contributed by atoms with Gasteiger partial charge in [0.1, 0.15) is 6.54 Å². The van der Waals surface area contributed by atoms with Crippen molar-refractivity contribution in [2.24, 2.45) is 0 Å². The van der Waals surface area contributed by atoms with Crippen LogP contribution in [-0.4, -0.2) is 15.7 Å². The van der Waals surface area contributed by atoms with Crippen molar-refractivity contribution in [2.75, 3.05) is 5.32 Å². The summed E-state index contributed by atoms with van der Waals surface area (Å²) < 4.78 is 2.03. The zero-order chi connectivity index (χ0) is 17.8. The average Bonchev–Trinajstić information content (AvgIpc) is 2.57. The molecule has 0 aliphatic heterocycles. The van der Waals surface area contributed by atoms with Gasteiger partial charge >= 0.3 is 0 Å². The van der Waals surface area contributed by atoms with Crippen LogP contribution in [0.5, 0.6) is 0 Å². The number of rotatable bonds is 4. The molecule has 2 aromatic carbocycles. The fraction of sp³-hybridized carbons (Fsp3) is 0.105. The smallest absolute Gasteiger partial charge is 0.267 e. The number of hydrogen-bond donors (Lipinski definition) is 1. The van der Waals surface area contributed by atoms with Crippen LogP contribution in [-0.2, 0) is 11.3 Å². The molecule has 0 radical (unpaired) electrons. The van der Waals surface area contributed by atoms with Crippen molar-refractivity contribution < 1.29 is 4.79 Å². The quantitative estimate of drug-likeness (QED) is 0.730. The highest BCUT2D eigenvalue weighted by atomic mass is 79.9. The second-order valence-electron chi connectivity index (χ2n) is 5.64. The van der Waals surface area contributed by atoms with Gasteiger partial charge in [-0.05, 0) is 31.2 Å². The van der Waals surface area contributed by atoms with Crippen LogP contribution in [0.3, 0.4) is 0 Å². The highest BCUT2D eigenvalue weighted by Crippen LogP contribution is 2.17. The molecule has 0 saturated heterocycles. The summed E-state index contributed by atoms with van der Waals surface area (Å²) in [5, 5.41) is 7.06. The number of carbonyl (C=O) groups excluding carboxylic acids is 1. The van der Waals surface area contributed by atoms with Crippen LogP contribution < -0.4 is 10.9 Å². The van der Waals surface area contributed by atoms with E-state index in [0.717, 1.165) is 15.6 Å². The van der Waals surface area contributed by atoms with E-state index in [1.807, 2.05) is 43.3 Å². The summed E-state index contributed by atoms with van der Waals surface area (Å²) in [6.45, 7) is 1.86. The number of amides is 1. The van der Waals surface area contributed by atoms with Crippen molar-refractivity contribution in [2.45, 2.75) is 13.5 Å². The molecule has 0 atom stereocenters. The lowest BCUT2D eigenvalue weighted by molar-refractivity contribution is -0.117. The van der Waals surface area contributed by atoms with E-state index in [2.05, 4.69) is 26.3 Å². The van der Waals surface area contributed by atoms with Gasteiger partial charge in [0.05, 0.1) is 5.69 Å². The number of halogens is 1. The summed E-state index contributed by atoms with van der Waals surface area (Å²) in [6, 6.07) is 18.2. The van der Waals surface area contributed by atoms with Gasteiger partial charge in [-0.1, -0.05) is 51.8 Å². The maximum absolute atomic E-state index is 12.2. The Kier molecular flexibility index (Phi) is 5.09. The molecule has 0 bridgehead atoms. The molecule has 6 heteroatoms. The van der Waals surface area contributed by atoms with E-state index in [-0.39, 0.29) is 18.0 Å². The molecule has 126 valence electrons. The van der Waals surface area contributed by atoms with Crippen molar-refractivity contribution in [3.8, 4) is 11.3 Å². The second-order valence-corrected chi connectivity index (χ2v) is 6.55. The number of hydrogen-bond acceptors (Lipinski definition) is 3. The van der Waals surface area contributed by atoms with Gasteiger partial charge in [0.2, 0.25) is 5.91 Å². The van der Waals surface area contributed by atoms with Gasteiger partial charge in [0.15, 0.2) is 0 Å². The minimum Gasteiger partial charge on any atom is -0.324 e. The first-order valence-corrected chi connectivity index (χ1v) is 8.51. The van der Waals surface area contributed by atoms with Gasteiger partial charge in [-0.3, -0.25) is 9.59 Å². The first-order chi connectivity index (χ1) is 12.0. The molecule has 0 unspecified atom stereocenters. The summed E-state index contributed by atoms with van der Waals surface area (Å²) in [5.41, 5.74) is 3.02. The van der Waals surface area contributed by atoms with Crippen molar-refractivity contribution in [1.82, 2.24) is 9.78 Å². The van der Waals surface area contributed by atoms with Gasteiger partial charge in [0, 0.05) is 21.8 Å². The third-order valence-corrected chi connectivity index (χ3v) is 4.11. The molecule has 1 aromatic heterocycles. The molecule has 0 fully saturated rings. The fourth-order valence-electron chi connectivity index (χ4n) is 2.34. The first-order valence-electron chi connectivity index (χ1n) is 7.72. The summed E-state index contributed by atoms with van der Waals surface area (Å²) >= 11 is 3.35. The molecule has 0 aliphatic rings. The largest absolute Gasteiger partial charge is 0.324 e. The van der Waals surface area contributed by atoms with E-state index >= 15 is 0 Å². The Morgan fingerprint density at radius 1 is 1.12 bits per heavy atom. The Hall–Kier alpha value is -2.73. The highest BCUT2D eigenvalue weighted by molar-refractivity contribution is 9.10. The minimum atomic E-state index is -0.319. The van der Waals surface area contributed by atoms with E-state index in [1.54, 1.807) is 18.2 Å². The number of anilines is 1. The van der Waals surface area contributed by atoms with Crippen LogP contribution >= 0.6 is 15.9 Å². The molecule has 1 heterocycles. The lowest BCUT2D eigenvalue weighted by atomic mass is 10.1. The van der Waals surface area contributed by atoms with Crippen LogP contribution in [0.4, 0.5) is 5.69 Å².